The molecule has 0 bridgehead atoms. The van der Waals surface area contributed by atoms with Crippen molar-refractivity contribution < 1.29 is 23.5 Å². The van der Waals surface area contributed by atoms with Crippen molar-refractivity contribution in [3.05, 3.63) is 81.9 Å². The minimum absolute atomic E-state index is 0.151. The number of amides is 1. The molecule has 1 unspecified atom stereocenters. The third-order valence-electron chi connectivity index (χ3n) is 5.00. The Hall–Kier alpha value is -3.98. The van der Waals surface area contributed by atoms with E-state index < -0.39 is 12.1 Å². The van der Waals surface area contributed by atoms with Gasteiger partial charge in [0.15, 0.2) is 11.9 Å². The average Bonchev–Trinajstić information content (AvgIpc) is 3.57. The molecule has 4 aromatic rings. The lowest BCUT2D eigenvalue weighted by Crippen LogP contribution is -2.24. The fourth-order valence-corrected chi connectivity index (χ4v) is 4.24. The zero-order valence-electron chi connectivity index (χ0n) is 18.9. The first-order valence-electron chi connectivity index (χ1n) is 10.6. The second-order valence-corrected chi connectivity index (χ2v) is 8.84. The molecule has 0 radical (unpaired) electrons. The van der Waals surface area contributed by atoms with Crippen LogP contribution in [0, 0.1) is 6.92 Å². The molecule has 1 aromatic carbocycles. The summed E-state index contributed by atoms with van der Waals surface area (Å²) >= 11 is 1.25. The molecule has 1 N–H and O–H groups in total. The van der Waals surface area contributed by atoms with Crippen LogP contribution < -0.4 is 5.32 Å². The maximum absolute atomic E-state index is 13.1. The fourth-order valence-electron chi connectivity index (χ4n) is 3.27. The number of ether oxygens (including phenoxy) is 1. The molecule has 174 valence electrons. The van der Waals surface area contributed by atoms with E-state index in [1.165, 1.54) is 25.2 Å². The van der Waals surface area contributed by atoms with E-state index in [0.717, 1.165) is 10.6 Å². The van der Waals surface area contributed by atoms with Gasteiger partial charge in [-0.2, -0.15) is 5.10 Å². The van der Waals surface area contributed by atoms with Crippen molar-refractivity contribution in [1.82, 2.24) is 15.1 Å². The van der Waals surface area contributed by atoms with E-state index in [0.29, 0.717) is 28.6 Å². The Morgan fingerprint density at radius 2 is 1.88 bits per heavy atom. The van der Waals surface area contributed by atoms with Gasteiger partial charge in [-0.15, -0.1) is 11.3 Å². The Morgan fingerprint density at radius 1 is 1.12 bits per heavy atom. The summed E-state index contributed by atoms with van der Waals surface area (Å²) in [5.74, 6) is -0.0403. The zero-order valence-corrected chi connectivity index (χ0v) is 19.7. The quantitative estimate of drug-likeness (QED) is 0.295. The van der Waals surface area contributed by atoms with Crippen molar-refractivity contribution in [2.45, 2.75) is 33.4 Å². The number of nitrogens with zero attached hydrogens (tertiary/aromatic N) is 2. The number of hydrogen-bond acceptors (Lipinski definition) is 7. The van der Waals surface area contributed by atoms with Crippen LogP contribution in [0.25, 0.3) is 17.1 Å². The predicted octanol–water partition coefficient (Wildman–Crippen LogP) is 4.57. The summed E-state index contributed by atoms with van der Waals surface area (Å²) in [4.78, 5) is 38.3. The van der Waals surface area contributed by atoms with E-state index >= 15 is 0 Å². The van der Waals surface area contributed by atoms with Crippen molar-refractivity contribution in [3.63, 3.8) is 0 Å². The van der Waals surface area contributed by atoms with Crippen molar-refractivity contribution in [1.29, 1.82) is 0 Å². The Bertz CT molecular complexity index is 1340. The summed E-state index contributed by atoms with van der Waals surface area (Å²) in [6, 6.07) is 16.3. The van der Waals surface area contributed by atoms with E-state index in [9.17, 15) is 14.4 Å². The summed E-state index contributed by atoms with van der Waals surface area (Å²) in [5.41, 5.74) is 1.28. The van der Waals surface area contributed by atoms with Crippen LogP contribution in [0.4, 0.5) is 0 Å². The van der Waals surface area contributed by atoms with Crippen molar-refractivity contribution in [3.8, 4) is 17.1 Å². The van der Waals surface area contributed by atoms with E-state index in [4.69, 9.17) is 9.15 Å². The molecule has 3 heterocycles. The SMILES string of the molecule is CC(=O)NCc1ccc(C(=O)C(C)OC(=O)c2cn(-c3ccccc3)nc2-c2ccc(C)o2)s1. The van der Waals surface area contributed by atoms with Gasteiger partial charge in [-0.3, -0.25) is 9.59 Å². The summed E-state index contributed by atoms with van der Waals surface area (Å²) in [7, 11) is 0. The molecule has 0 spiro atoms. The lowest BCUT2D eigenvalue weighted by atomic mass is 10.2. The molecule has 0 aliphatic heterocycles. The first-order valence-corrected chi connectivity index (χ1v) is 11.4. The largest absolute Gasteiger partial charge is 0.460 e. The van der Waals surface area contributed by atoms with Gasteiger partial charge in [0.05, 0.1) is 17.1 Å². The fraction of sp³-hybridized carbons (Fsp3) is 0.200. The van der Waals surface area contributed by atoms with Gasteiger partial charge in [0.25, 0.3) is 0 Å². The highest BCUT2D eigenvalue weighted by molar-refractivity contribution is 7.14. The molecule has 1 amide bonds. The molecular weight excluding hydrogens is 454 g/mol. The van der Waals surface area contributed by atoms with Gasteiger partial charge in [-0.05, 0) is 50.2 Å². The lowest BCUT2D eigenvalue weighted by molar-refractivity contribution is -0.119. The van der Waals surface area contributed by atoms with Gasteiger partial charge in [-0.25, -0.2) is 9.48 Å². The van der Waals surface area contributed by atoms with Crippen LogP contribution in [0.3, 0.4) is 0 Å². The second kappa shape index (κ2) is 9.88. The van der Waals surface area contributed by atoms with E-state index in [-0.39, 0.29) is 17.3 Å². The molecule has 34 heavy (non-hydrogen) atoms. The Balaban J connectivity index is 1.55. The molecule has 0 saturated carbocycles. The number of furan rings is 1. The maximum Gasteiger partial charge on any atom is 0.342 e. The van der Waals surface area contributed by atoms with E-state index in [2.05, 4.69) is 10.4 Å². The Morgan fingerprint density at radius 3 is 2.56 bits per heavy atom. The smallest absolute Gasteiger partial charge is 0.342 e. The third kappa shape index (κ3) is 5.15. The molecule has 0 saturated heterocycles. The van der Waals surface area contributed by atoms with Crippen LogP contribution in [-0.2, 0) is 16.1 Å². The number of benzene rings is 1. The highest BCUT2D eigenvalue weighted by atomic mass is 32.1. The van der Waals surface area contributed by atoms with Crippen LogP contribution in [-0.4, -0.2) is 33.5 Å². The number of ketones is 1. The first-order chi connectivity index (χ1) is 16.3. The van der Waals surface area contributed by atoms with Gasteiger partial charge in [0.1, 0.15) is 17.0 Å². The number of carbonyl (C=O) groups is 3. The summed E-state index contributed by atoms with van der Waals surface area (Å²) < 4.78 is 12.8. The number of aromatic nitrogens is 2. The van der Waals surface area contributed by atoms with E-state index in [1.807, 2.05) is 30.3 Å². The third-order valence-corrected chi connectivity index (χ3v) is 6.10. The molecule has 0 aliphatic carbocycles. The summed E-state index contributed by atoms with van der Waals surface area (Å²) in [5, 5.41) is 7.23. The van der Waals surface area contributed by atoms with Crippen LogP contribution in [0.15, 0.2) is 65.2 Å². The molecule has 8 nitrogen and oxygen atoms in total. The van der Waals surface area contributed by atoms with Gasteiger partial charge < -0.3 is 14.5 Å². The number of para-hydroxylation sites is 1. The Labute approximate surface area is 200 Å². The highest BCUT2D eigenvalue weighted by Gasteiger charge is 2.27. The zero-order chi connectivity index (χ0) is 24.2. The minimum Gasteiger partial charge on any atom is -0.460 e. The molecular formula is C25H23N3O5S. The standard InChI is InChI=1S/C25H23N3O5S/c1-15-9-11-21(32-15)23-20(14-28(27-23)18-7-5-4-6-8-18)25(31)33-16(2)24(30)22-12-10-19(34-22)13-26-17(3)29/h4-12,14,16H,13H2,1-3H3,(H,26,29). The van der Waals surface area contributed by atoms with Gasteiger partial charge in [0.2, 0.25) is 11.7 Å². The molecule has 9 heteroatoms. The molecule has 0 fully saturated rings. The average molecular weight is 478 g/mol. The molecule has 1 atom stereocenters. The summed E-state index contributed by atoms with van der Waals surface area (Å²) in [6.07, 6.45) is 0.560. The lowest BCUT2D eigenvalue weighted by Gasteiger charge is -2.11. The van der Waals surface area contributed by atoms with Crippen LogP contribution in [0.2, 0.25) is 0 Å². The van der Waals surface area contributed by atoms with Gasteiger partial charge >= 0.3 is 5.97 Å². The first kappa shape index (κ1) is 23.2. The van der Waals surface area contributed by atoms with Gasteiger partial charge in [-0.1, -0.05) is 18.2 Å². The number of thiophene rings is 1. The molecule has 0 aliphatic rings. The Kier molecular flexibility index (Phi) is 6.74. The number of nitrogens with one attached hydrogen (secondary N) is 1. The summed E-state index contributed by atoms with van der Waals surface area (Å²) in [6.45, 7) is 5.11. The number of aryl methyl sites for hydroxylation is 1. The normalized spacial score (nSPS) is 11.7. The molecule has 4 rings (SSSR count). The number of rotatable bonds is 8. The number of Topliss-reactive ketones (excluding diaryl/α,β-unsaturated/α-hetero) is 1. The predicted molar refractivity (Wildman–Crippen MR) is 127 cm³/mol. The number of carbonyl (C=O) groups excluding carboxylic acids is 3. The second-order valence-electron chi connectivity index (χ2n) is 7.67. The minimum atomic E-state index is -1.01. The monoisotopic (exact) mass is 477 g/mol. The van der Waals surface area contributed by atoms with Crippen molar-refractivity contribution in [2.75, 3.05) is 0 Å². The maximum atomic E-state index is 13.1. The van der Waals surface area contributed by atoms with Gasteiger partial charge in [0, 0.05) is 18.0 Å². The topological polar surface area (TPSA) is 103 Å². The molecule has 3 aromatic heterocycles. The van der Waals surface area contributed by atoms with E-state index in [1.54, 1.807) is 42.1 Å². The van der Waals surface area contributed by atoms with Crippen LogP contribution in [0.1, 0.15) is 44.5 Å². The van der Waals surface area contributed by atoms with Crippen molar-refractivity contribution >= 4 is 29.0 Å². The highest BCUT2D eigenvalue weighted by Crippen LogP contribution is 2.27. The number of esters is 1. The number of hydrogen-bond donors (Lipinski definition) is 1. The van der Waals surface area contributed by atoms with Crippen molar-refractivity contribution in [2.24, 2.45) is 0 Å². The van der Waals surface area contributed by atoms with Crippen LogP contribution in [0.5, 0.6) is 0 Å². The van der Waals surface area contributed by atoms with Crippen LogP contribution >= 0.6 is 11.3 Å².